The Labute approximate surface area is 89.8 Å². The third-order valence-electron chi connectivity index (χ3n) is 2.30. The third-order valence-corrected chi connectivity index (χ3v) is 2.30. The molecule has 84 valence electrons. The van der Waals surface area contributed by atoms with Crippen LogP contribution in [0.2, 0.25) is 0 Å². The molecule has 1 fully saturated rings. The molecule has 0 aliphatic carbocycles. The molecule has 1 saturated heterocycles. The van der Waals surface area contributed by atoms with Gasteiger partial charge in [0.05, 0.1) is 17.9 Å². The molecule has 1 heterocycles. The first kappa shape index (κ1) is 11.8. The summed E-state index contributed by atoms with van der Waals surface area (Å²) in [4.78, 5) is 28.1. The second kappa shape index (κ2) is 4.04. The Morgan fingerprint density at radius 2 is 2.20 bits per heavy atom. The second-order valence-electron chi connectivity index (χ2n) is 4.70. The average Bonchev–Trinajstić information content (AvgIpc) is 2.46. The van der Waals surface area contributed by atoms with Gasteiger partial charge in [-0.1, -0.05) is 6.08 Å². The number of hydrogen-bond donors (Lipinski definition) is 0. The Morgan fingerprint density at radius 1 is 1.60 bits per heavy atom. The van der Waals surface area contributed by atoms with Crippen molar-refractivity contribution in [3.63, 3.8) is 0 Å². The van der Waals surface area contributed by atoms with Gasteiger partial charge >= 0.3 is 5.97 Å². The van der Waals surface area contributed by atoms with Crippen molar-refractivity contribution in [2.75, 3.05) is 6.54 Å². The molecule has 0 saturated carbocycles. The molecular weight excluding hydrogens is 194 g/mol. The van der Waals surface area contributed by atoms with Crippen molar-refractivity contribution in [2.45, 2.75) is 27.2 Å². The summed E-state index contributed by atoms with van der Waals surface area (Å²) >= 11 is 0. The lowest BCUT2D eigenvalue weighted by Crippen LogP contribution is -2.35. The van der Waals surface area contributed by atoms with Gasteiger partial charge in [0.15, 0.2) is 0 Å². The van der Waals surface area contributed by atoms with E-state index in [2.05, 4.69) is 6.58 Å². The van der Waals surface area contributed by atoms with Gasteiger partial charge in [-0.3, -0.25) is 4.79 Å². The van der Waals surface area contributed by atoms with E-state index < -0.39 is 5.41 Å². The van der Waals surface area contributed by atoms with Crippen LogP contribution < -0.4 is 0 Å². The van der Waals surface area contributed by atoms with Crippen LogP contribution in [0.1, 0.15) is 27.2 Å². The SMILES string of the molecule is C=CC1CCN(OC(=O)C(C)(C)C)C1=O. The number of carbonyl (C=O) groups excluding carboxylic acids is 2. The number of nitrogens with zero attached hydrogens (tertiary/aromatic N) is 1. The predicted octanol–water partition coefficient (Wildman–Crippen LogP) is 1.53. The van der Waals surface area contributed by atoms with Gasteiger partial charge < -0.3 is 4.84 Å². The number of amides is 1. The Kier molecular flexibility index (Phi) is 3.17. The number of hydroxylamine groups is 2. The van der Waals surface area contributed by atoms with Crippen molar-refractivity contribution in [3.05, 3.63) is 12.7 Å². The summed E-state index contributed by atoms with van der Waals surface area (Å²) < 4.78 is 0. The summed E-state index contributed by atoms with van der Waals surface area (Å²) in [5.41, 5.74) is -0.591. The topological polar surface area (TPSA) is 46.6 Å². The summed E-state index contributed by atoms with van der Waals surface area (Å²) in [6, 6.07) is 0. The molecule has 0 aromatic carbocycles. The van der Waals surface area contributed by atoms with Crippen molar-refractivity contribution < 1.29 is 14.4 Å². The third kappa shape index (κ3) is 2.58. The highest BCUT2D eigenvalue weighted by molar-refractivity contribution is 5.84. The van der Waals surface area contributed by atoms with Crippen molar-refractivity contribution in [1.82, 2.24) is 5.06 Å². The van der Waals surface area contributed by atoms with Crippen LogP contribution in [-0.4, -0.2) is 23.5 Å². The van der Waals surface area contributed by atoms with E-state index in [0.29, 0.717) is 13.0 Å². The molecule has 1 rings (SSSR count). The summed E-state index contributed by atoms with van der Waals surface area (Å²) in [7, 11) is 0. The molecule has 1 amide bonds. The van der Waals surface area contributed by atoms with Crippen molar-refractivity contribution in [1.29, 1.82) is 0 Å². The van der Waals surface area contributed by atoms with Gasteiger partial charge in [-0.2, -0.15) is 5.06 Å². The Morgan fingerprint density at radius 3 is 2.60 bits per heavy atom. The lowest BCUT2D eigenvalue weighted by Gasteiger charge is -2.21. The van der Waals surface area contributed by atoms with Crippen LogP contribution in [0.5, 0.6) is 0 Å². The Hall–Kier alpha value is -1.32. The van der Waals surface area contributed by atoms with Crippen LogP contribution in [-0.2, 0) is 14.4 Å². The lowest BCUT2D eigenvalue weighted by atomic mass is 9.98. The first-order valence-electron chi connectivity index (χ1n) is 5.02. The molecule has 1 atom stereocenters. The molecule has 0 radical (unpaired) electrons. The maximum absolute atomic E-state index is 11.6. The van der Waals surface area contributed by atoms with E-state index in [4.69, 9.17) is 4.84 Å². The number of carbonyl (C=O) groups is 2. The highest BCUT2D eigenvalue weighted by atomic mass is 16.7. The molecule has 4 nitrogen and oxygen atoms in total. The molecule has 15 heavy (non-hydrogen) atoms. The fourth-order valence-corrected chi connectivity index (χ4v) is 1.22. The fourth-order valence-electron chi connectivity index (χ4n) is 1.22. The minimum atomic E-state index is -0.591. The fraction of sp³-hybridized carbons (Fsp3) is 0.636. The smallest absolute Gasteiger partial charge is 0.337 e. The van der Waals surface area contributed by atoms with Crippen molar-refractivity contribution in [2.24, 2.45) is 11.3 Å². The molecule has 0 bridgehead atoms. The van der Waals surface area contributed by atoms with E-state index >= 15 is 0 Å². The summed E-state index contributed by atoms with van der Waals surface area (Å²) in [6.07, 6.45) is 2.26. The average molecular weight is 211 g/mol. The molecule has 0 spiro atoms. The Bertz CT molecular complexity index is 291. The molecule has 4 heteroatoms. The first-order chi connectivity index (χ1) is 6.86. The zero-order valence-electron chi connectivity index (χ0n) is 9.45. The van der Waals surface area contributed by atoms with Gasteiger partial charge in [0.2, 0.25) is 0 Å². The molecule has 1 aliphatic rings. The van der Waals surface area contributed by atoms with Crippen LogP contribution in [0.15, 0.2) is 12.7 Å². The van der Waals surface area contributed by atoms with Gasteiger partial charge in [0.25, 0.3) is 5.91 Å². The van der Waals surface area contributed by atoms with E-state index in [1.807, 2.05) is 0 Å². The maximum Gasteiger partial charge on any atom is 0.337 e. The number of rotatable bonds is 2. The summed E-state index contributed by atoms with van der Waals surface area (Å²) in [5.74, 6) is -0.777. The molecule has 1 aliphatic heterocycles. The predicted molar refractivity (Wildman–Crippen MR) is 55.6 cm³/mol. The van der Waals surface area contributed by atoms with E-state index in [0.717, 1.165) is 5.06 Å². The zero-order valence-corrected chi connectivity index (χ0v) is 9.45. The highest BCUT2D eigenvalue weighted by Gasteiger charge is 2.35. The van der Waals surface area contributed by atoms with Crippen molar-refractivity contribution in [3.8, 4) is 0 Å². The quantitative estimate of drug-likeness (QED) is 0.651. The van der Waals surface area contributed by atoms with Crippen LogP contribution in [0.3, 0.4) is 0 Å². The molecular formula is C11H17NO3. The van der Waals surface area contributed by atoms with Gasteiger partial charge in [0.1, 0.15) is 0 Å². The largest absolute Gasteiger partial charge is 0.338 e. The van der Waals surface area contributed by atoms with Crippen LogP contribution in [0, 0.1) is 11.3 Å². The summed E-state index contributed by atoms with van der Waals surface area (Å²) in [5, 5.41) is 1.14. The van der Waals surface area contributed by atoms with Gasteiger partial charge in [-0.25, -0.2) is 4.79 Å². The van der Waals surface area contributed by atoms with E-state index in [9.17, 15) is 9.59 Å². The molecule has 0 aromatic heterocycles. The molecule has 0 N–H and O–H groups in total. The first-order valence-corrected chi connectivity index (χ1v) is 5.02. The van der Waals surface area contributed by atoms with Gasteiger partial charge in [-0.15, -0.1) is 6.58 Å². The minimum Gasteiger partial charge on any atom is -0.338 e. The van der Waals surface area contributed by atoms with E-state index in [1.165, 1.54) is 0 Å². The monoisotopic (exact) mass is 211 g/mol. The molecule has 0 aromatic rings. The van der Waals surface area contributed by atoms with Crippen LogP contribution in [0.25, 0.3) is 0 Å². The number of hydrogen-bond acceptors (Lipinski definition) is 3. The lowest BCUT2D eigenvalue weighted by molar-refractivity contribution is -0.200. The normalized spacial score (nSPS) is 21.7. The standard InChI is InChI=1S/C11H17NO3/c1-5-8-6-7-12(9(8)13)15-10(14)11(2,3)4/h5,8H,1,6-7H2,2-4H3. The Balaban J connectivity index is 2.58. The van der Waals surface area contributed by atoms with Gasteiger partial charge in [-0.05, 0) is 27.2 Å². The summed E-state index contributed by atoms with van der Waals surface area (Å²) in [6.45, 7) is 9.28. The maximum atomic E-state index is 11.6. The highest BCUT2D eigenvalue weighted by Crippen LogP contribution is 2.22. The second-order valence-corrected chi connectivity index (χ2v) is 4.70. The zero-order chi connectivity index (χ0) is 11.6. The van der Waals surface area contributed by atoms with Crippen molar-refractivity contribution >= 4 is 11.9 Å². The van der Waals surface area contributed by atoms with Crippen LogP contribution in [0.4, 0.5) is 0 Å². The van der Waals surface area contributed by atoms with Crippen LogP contribution >= 0.6 is 0 Å². The van der Waals surface area contributed by atoms with Gasteiger partial charge in [0, 0.05) is 0 Å². The van der Waals surface area contributed by atoms with E-state index in [-0.39, 0.29) is 17.8 Å². The minimum absolute atomic E-state index is 0.178. The molecule has 1 unspecified atom stereocenters. The van der Waals surface area contributed by atoms with E-state index in [1.54, 1.807) is 26.8 Å².